The highest BCUT2D eigenvalue weighted by molar-refractivity contribution is 7.99. The number of nitrogens with zero attached hydrogens (tertiary/aromatic N) is 2. The number of carbonyl (C=O) groups is 1. The summed E-state index contributed by atoms with van der Waals surface area (Å²) < 4.78 is 10.9. The molecular weight excluding hydrogens is 362 g/mol. The second-order valence-electron chi connectivity index (χ2n) is 5.67. The van der Waals surface area contributed by atoms with Gasteiger partial charge in [0.15, 0.2) is 0 Å². The first-order valence-corrected chi connectivity index (χ1v) is 9.74. The minimum Gasteiger partial charge on any atom is -0.494 e. The Bertz CT molecular complexity index is 876. The molecule has 1 aromatic heterocycles. The second kappa shape index (κ2) is 9.23. The van der Waals surface area contributed by atoms with E-state index in [1.54, 1.807) is 11.8 Å². The molecule has 0 aliphatic carbocycles. The smallest absolute Gasteiger partial charge is 0.322 e. The fourth-order valence-electron chi connectivity index (χ4n) is 2.47. The van der Waals surface area contributed by atoms with E-state index in [1.807, 2.05) is 55.5 Å². The van der Waals surface area contributed by atoms with Gasteiger partial charge in [-0.3, -0.25) is 10.1 Å². The lowest BCUT2D eigenvalue weighted by Gasteiger charge is -2.03. The number of ether oxygens (including phenoxy) is 1. The maximum atomic E-state index is 12.2. The van der Waals surface area contributed by atoms with Gasteiger partial charge in [-0.1, -0.05) is 24.2 Å². The Balaban J connectivity index is 1.58. The van der Waals surface area contributed by atoms with E-state index in [0.29, 0.717) is 12.5 Å². The maximum absolute atomic E-state index is 12.2. The Labute approximate surface area is 162 Å². The van der Waals surface area contributed by atoms with Gasteiger partial charge < -0.3 is 9.15 Å². The molecule has 0 fully saturated rings. The Kier molecular flexibility index (Phi) is 6.49. The molecule has 27 heavy (non-hydrogen) atoms. The molecule has 0 unspecified atom stereocenters. The van der Waals surface area contributed by atoms with Crippen molar-refractivity contribution in [3.8, 4) is 17.2 Å². The summed E-state index contributed by atoms with van der Waals surface area (Å²) in [6.45, 7) is 4.65. The molecule has 1 heterocycles. The Morgan fingerprint density at radius 2 is 1.81 bits per heavy atom. The summed E-state index contributed by atoms with van der Waals surface area (Å²) in [5.74, 6) is 1.94. The first-order chi connectivity index (χ1) is 13.2. The first kappa shape index (κ1) is 19.0. The van der Waals surface area contributed by atoms with Gasteiger partial charge in [-0.05, 0) is 54.6 Å². The van der Waals surface area contributed by atoms with E-state index in [1.165, 1.54) is 4.90 Å². The van der Waals surface area contributed by atoms with Gasteiger partial charge in [0.2, 0.25) is 11.8 Å². The Morgan fingerprint density at radius 3 is 2.48 bits per heavy atom. The molecule has 0 saturated heterocycles. The number of aromatic nitrogens is 2. The van der Waals surface area contributed by atoms with Gasteiger partial charge in [-0.25, -0.2) is 0 Å². The lowest BCUT2D eigenvalue weighted by atomic mass is 10.1. The van der Waals surface area contributed by atoms with Crippen molar-refractivity contribution in [1.82, 2.24) is 10.2 Å². The van der Waals surface area contributed by atoms with E-state index in [-0.39, 0.29) is 18.3 Å². The first-order valence-electron chi connectivity index (χ1n) is 8.76. The number of amides is 1. The van der Waals surface area contributed by atoms with Crippen LogP contribution >= 0.6 is 11.8 Å². The Hall–Kier alpha value is -2.80. The third-order valence-electron chi connectivity index (χ3n) is 3.68. The van der Waals surface area contributed by atoms with Crippen LogP contribution in [0.5, 0.6) is 5.75 Å². The molecule has 3 rings (SSSR count). The van der Waals surface area contributed by atoms with Crippen LogP contribution in [-0.4, -0.2) is 28.5 Å². The van der Waals surface area contributed by atoms with Crippen LogP contribution < -0.4 is 10.1 Å². The summed E-state index contributed by atoms with van der Waals surface area (Å²) in [5.41, 5.74) is 1.69. The third kappa shape index (κ3) is 5.34. The number of thioether (sulfide) groups is 1. The van der Waals surface area contributed by atoms with E-state index in [0.717, 1.165) is 22.6 Å². The van der Waals surface area contributed by atoms with E-state index >= 15 is 0 Å². The zero-order chi connectivity index (χ0) is 19.1. The molecule has 140 valence electrons. The van der Waals surface area contributed by atoms with Crippen molar-refractivity contribution in [2.75, 3.05) is 17.7 Å². The number of carbonyl (C=O) groups excluding carboxylic acids is 1. The fourth-order valence-corrected chi connectivity index (χ4v) is 3.13. The van der Waals surface area contributed by atoms with E-state index in [9.17, 15) is 4.79 Å². The molecule has 3 aromatic rings. The summed E-state index contributed by atoms with van der Waals surface area (Å²) >= 11 is 1.77. The van der Waals surface area contributed by atoms with Gasteiger partial charge in [0, 0.05) is 10.5 Å². The minimum absolute atomic E-state index is 0.0852. The van der Waals surface area contributed by atoms with Crippen LogP contribution in [0.4, 0.5) is 6.01 Å². The minimum atomic E-state index is -0.201. The molecule has 2 aromatic carbocycles. The van der Waals surface area contributed by atoms with E-state index < -0.39 is 0 Å². The largest absolute Gasteiger partial charge is 0.494 e. The van der Waals surface area contributed by atoms with Gasteiger partial charge in [0.05, 0.1) is 13.0 Å². The fraction of sp³-hybridized carbons (Fsp3) is 0.250. The molecule has 0 bridgehead atoms. The van der Waals surface area contributed by atoms with Gasteiger partial charge in [-0.15, -0.1) is 16.9 Å². The highest BCUT2D eigenvalue weighted by Gasteiger charge is 2.12. The normalized spacial score (nSPS) is 10.6. The van der Waals surface area contributed by atoms with Gasteiger partial charge >= 0.3 is 6.01 Å². The van der Waals surface area contributed by atoms with Crippen LogP contribution in [0.1, 0.15) is 19.4 Å². The lowest BCUT2D eigenvalue weighted by Crippen LogP contribution is -2.14. The van der Waals surface area contributed by atoms with Crippen molar-refractivity contribution in [1.29, 1.82) is 0 Å². The van der Waals surface area contributed by atoms with E-state index in [2.05, 4.69) is 22.4 Å². The van der Waals surface area contributed by atoms with Crippen LogP contribution in [-0.2, 0) is 11.2 Å². The third-order valence-corrected chi connectivity index (χ3v) is 4.58. The van der Waals surface area contributed by atoms with Crippen molar-refractivity contribution in [3.63, 3.8) is 0 Å². The molecule has 0 aliphatic rings. The molecule has 0 saturated carbocycles. The zero-order valence-electron chi connectivity index (χ0n) is 15.3. The van der Waals surface area contributed by atoms with E-state index in [4.69, 9.17) is 9.15 Å². The van der Waals surface area contributed by atoms with Crippen LogP contribution in [0.2, 0.25) is 0 Å². The average molecular weight is 383 g/mol. The van der Waals surface area contributed by atoms with Crippen molar-refractivity contribution in [2.45, 2.75) is 25.2 Å². The molecular formula is C20H21N3O3S. The van der Waals surface area contributed by atoms with Crippen molar-refractivity contribution in [3.05, 3.63) is 54.1 Å². The number of benzene rings is 2. The highest BCUT2D eigenvalue weighted by Crippen LogP contribution is 2.23. The number of hydrogen-bond donors (Lipinski definition) is 1. The molecule has 1 N–H and O–H groups in total. The molecule has 7 heteroatoms. The van der Waals surface area contributed by atoms with Crippen LogP contribution in [0.25, 0.3) is 11.5 Å². The molecule has 1 amide bonds. The summed E-state index contributed by atoms with van der Waals surface area (Å²) in [6, 6.07) is 15.4. The predicted octanol–water partition coefficient (Wildman–Crippen LogP) is 4.43. The molecule has 0 atom stereocenters. The van der Waals surface area contributed by atoms with Crippen molar-refractivity contribution in [2.24, 2.45) is 0 Å². The molecule has 6 nitrogen and oxygen atoms in total. The predicted molar refractivity (Wildman–Crippen MR) is 106 cm³/mol. The monoisotopic (exact) mass is 383 g/mol. The number of hydrogen-bond acceptors (Lipinski definition) is 6. The number of anilines is 1. The highest BCUT2D eigenvalue weighted by atomic mass is 32.2. The summed E-state index contributed by atoms with van der Waals surface area (Å²) in [6.07, 6.45) is 0.248. The van der Waals surface area contributed by atoms with Crippen LogP contribution in [0.3, 0.4) is 0 Å². The quantitative estimate of drug-likeness (QED) is 0.580. The summed E-state index contributed by atoms with van der Waals surface area (Å²) in [5, 5.41) is 10.5. The molecule has 0 aliphatic heterocycles. The zero-order valence-corrected chi connectivity index (χ0v) is 16.1. The number of rotatable bonds is 8. The van der Waals surface area contributed by atoms with Crippen LogP contribution in [0.15, 0.2) is 57.8 Å². The maximum Gasteiger partial charge on any atom is 0.322 e. The SMILES string of the molecule is CCOc1ccc(-c2nnc(NC(=O)Cc3ccc(SCC)cc3)o2)cc1. The topological polar surface area (TPSA) is 77.3 Å². The number of nitrogens with one attached hydrogen (secondary N) is 1. The van der Waals surface area contributed by atoms with Crippen molar-refractivity contribution >= 4 is 23.7 Å². The summed E-state index contributed by atoms with van der Waals surface area (Å²) in [4.78, 5) is 13.4. The van der Waals surface area contributed by atoms with Gasteiger partial charge in [-0.2, -0.15) is 0 Å². The lowest BCUT2D eigenvalue weighted by molar-refractivity contribution is -0.115. The van der Waals surface area contributed by atoms with Gasteiger partial charge in [0.25, 0.3) is 0 Å². The molecule has 0 spiro atoms. The summed E-state index contributed by atoms with van der Waals surface area (Å²) in [7, 11) is 0. The Morgan fingerprint density at radius 1 is 1.07 bits per heavy atom. The van der Waals surface area contributed by atoms with Crippen LogP contribution in [0, 0.1) is 0 Å². The van der Waals surface area contributed by atoms with Crippen molar-refractivity contribution < 1.29 is 13.9 Å². The molecule has 0 radical (unpaired) electrons. The standard InChI is InChI=1S/C20H21N3O3S/c1-3-25-16-9-7-15(8-10-16)19-22-23-20(26-19)21-18(24)13-14-5-11-17(12-6-14)27-4-2/h5-12H,3-4,13H2,1-2H3,(H,21,23,24). The van der Waals surface area contributed by atoms with Gasteiger partial charge in [0.1, 0.15) is 5.75 Å². The average Bonchev–Trinajstić information content (AvgIpc) is 3.13. The second-order valence-corrected chi connectivity index (χ2v) is 7.01.